The Morgan fingerprint density at radius 2 is 1.80 bits per heavy atom. The van der Waals surface area contributed by atoms with Crippen LogP contribution in [0.3, 0.4) is 0 Å². The van der Waals surface area contributed by atoms with Crippen molar-refractivity contribution in [1.82, 2.24) is 25.3 Å². The van der Waals surface area contributed by atoms with Crippen LogP contribution in [0.2, 0.25) is 0 Å². The van der Waals surface area contributed by atoms with Gasteiger partial charge in [0, 0.05) is 35.9 Å². The zero-order valence-corrected chi connectivity index (χ0v) is 13.5. The molecule has 0 fully saturated rings. The van der Waals surface area contributed by atoms with Gasteiger partial charge in [0.1, 0.15) is 5.82 Å². The first-order valence-corrected chi connectivity index (χ1v) is 7.52. The second-order valence-corrected chi connectivity index (χ2v) is 5.02. The molecule has 3 aromatic rings. The van der Waals surface area contributed by atoms with Gasteiger partial charge in [0.15, 0.2) is 0 Å². The predicted octanol–water partition coefficient (Wildman–Crippen LogP) is 2.26. The number of hydrogen-bond donors (Lipinski definition) is 2. The maximum Gasteiger partial charge on any atom is 0.320 e. The average molecular weight is 336 g/mol. The molecule has 0 radical (unpaired) electrons. The van der Waals surface area contributed by atoms with Gasteiger partial charge in [-0.2, -0.15) is 0 Å². The average Bonchev–Trinajstić information content (AvgIpc) is 2.68. The van der Waals surface area contributed by atoms with Crippen molar-refractivity contribution >= 4 is 11.8 Å². The predicted molar refractivity (Wildman–Crippen MR) is 91.9 cm³/mol. The Balaban J connectivity index is 1.57. The number of rotatable bonds is 5. The maximum atomic E-state index is 11.9. The largest absolute Gasteiger partial charge is 0.467 e. The number of pyridine rings is 2. The molecule has 0 spiro atoms. The second-order valence-electron chi connectivity index (χ2n) is 5.02. The van der Waals surface area contributed by atoms with Gasteiger partial charge < -0.3 is 10.1 Å². The number of hydrogen-bond acceptors (Lipinski definition) is 6. The zero-order chi connectivity index (χ0) is 17.5. The fourth-order valence-electron chi connectivity index (χ4n) is 2.04. The highest BCUT2D eigenvalue weighted by molar-refractivity contribution is 5.88. The van der Waals surface area contributed by atoms with E-state index >= 15 is 0 Å². The molecule has 0 saturated heterocycles. The van der Waals surface area contributed by atoms with Crippen LogP contribution in [-0.4, -0.2) is 33.1 Å². The molecule has 0 bridgehead atoms. The minimum atomic E-state index is -0.348. The normalized spacial score (nSPS) is 10.1. The summed E-state index contributed by atoms with van der Waals surface area (Å²) < 4.78 is 4.93. The van der Waals surface area contributed by atoms with Crippen LogP contribution in [0, 0.1) is 0 Å². The van der Waals surface area contributed by atoms with Crippen LogP contribution in [0.15, 0.2) is 55.1 Å². The molecule has 0 aliphatic carbocycles. The molecule has 8 heteroatoms. The fourth-order valence-corrected chi connectivity index (χ4v) is 2.04. The first kappa shape index (κ1) is 16.3. The summed E-state index contributed by atoms with van der Waals surface area (Å²) >= 11 is 0. The molecule has 2 N–H and O–H groups in total. The molecule has 0 aliphatic heterocycles. The maximum absolute atomic E-state index is 11.9. The zero-order valence-electron chi connectivity index (χ0n) is 13.5. The van der Waals surface area contributed by atoms with Gasteiger partial charge >= 0.3 is 12.0 Å². The minimum Gasteiger partial charge on any atom is -0.467 e. The Labute approximate surface area is 144 Å². The number of ether oxygens (including phenoxy) is 1. The third kappa shape index (κ3) is 4.47. The number of carbonyl (C=O) groups is 1. The molecular formula is C17H16N6O2. The standard InChI is InChI=1S/C17H16N6O2/c1-25-17-21-9-13(10-22-17)12-5-6-15(19-8-12)23-16(24)20-11-14-4-2-3-7-18-14/h2-10H,11H2,1H3,(H2,19,20,23,24). The Kier molecular flexibility index (Phi) is 5.10. The SMILES string of the molecule is COc1ncc(-c2ccc(NC(=O)NCc3ccccn3)nc2)cn1. The molecule has 126 valence electrons. The first-order chi connectivity index (χ1) is 12.2. The third-order valence-electron chi connectivity index (χ3n) is 3.31. The van der Waals surface area contributed by atoms with Gasteiger partial charge in [0.25, 0.3) is 0 Å². The third-order valence-corrected chi connectivity index (χ3v) is 3.31. The van der Waals surface area contributed by atoms with E-state index in [4.69, 9.17) is 4.74 Å². The van der Waals surface area contributed by atoms with Crippen molar-refractivity contribution in [1.29, 1.82) is 0 Å². The topological polar surface area (TPSA) is 102 Å². The van der Waals surface area contributed by atoms with Crippen LogP contribution < -0.4 is 15.4 Å². The highest BCUT2D eigenvalue weighted by Gasteiger charge is 2.05. The van der Waals surface area contributed by atoms with E-state index in [-0.39, 0.29) is 6.03 Å². The number of aromatic nitrogens is 4. The molecule has 0 saturated carbocycles. The number of urea groups is 1. The van der Waals surface area contributed by atoms with Crippen molar-refractivity contribution in [2.45, 2.75) is 6.54 Å². The molecule has 25 heavy (non-hydrogen) atoms. The van der Waals surface area contributed by atoms with Crippen molar-refractivity contribution in [2.24, 2.45) is 0 Å². The van der Waals surface area contributed by atoms with E-state index in [0.717, 1.165) is 16.8 Å². The summed E-state index contributed by atoms with van der Waals surface area (Å²) in [6.07, 6.45) is 6.61. The molecule has 3 aromatic heterocycles. The van der Waals surface area contributed by atoms with E-state index in [1.54, 1.807) is 30.9 Å². The Hall–Kier alpha value is -3.55. The fraction of sp³-hybridized carbons (Fsp3) is 0.118. The van der Waals surface area contributed by atoms with Crippen molar-refractivity contribution < 1.29 is 9.53 Å². The number of nitrogens with one attached hydrogen (secondary N) is 2. The van der Waals surface area contributed by atoms with Gasteiger partial charge in [-0.1, -0.05) is 6.07 Å². The number of methoxy groups -OCH3 is 1. The van der Waals surface area contributed by atoms with Crippen LogP contribution in [0.25, 0.3) is 11.1 Å². The Morgan fingerprint density at radius 3 is 2.44 bits per heavy atom. The minimum absolute atomic E-state index is 0.305. The highest BCUT2D eigenvalue weighted by Crippen LogP contribution is 2.18. The molecule has 3 heterocycles. The summed E-state index contributed by atoms with van der Waals surface area (Å²) in [5.41, 5.74) is 2.42. The van der Waals surface area contributed by atoms with Gasteiger partial charge in [0.05, 0.1) is 19.3 Å². The van der Waals surface area contributed by atoms with Crippen LogP contribution in [-0.2, 0) is 6.54 Å². The molecule has 0 aromatic carbocycles. The van der Waals surface area contributed by atoms with Crippen molar-refractivity contribution in [3.63, 3.8) is 0 Å². The van der Waals surface area contributed by atoms with E-state index in [9.17, 15) is 4.79 Å². The van der Waals surface area contributed by atoms with Gasteiger partial charge in [0.2, 0.25) is 0 Å². The van der Waals surface area contributed by atoms with Crippen LogP contribution in [0.4, 0.5) is 10.6 Å². The lowest BCUT2D eigenvalue weighted by atomic mass is 10.1. The van der Waals surface area contributed by atoms with Crippen LogP contribution in [0.5, 0.6) is 6.01 Å². The molecule has 2 amide bonds. The monoisotopic (exact) mass is 336 g/mol. The van der Waals surface area contributed by atoms with E-state index in [2.05, 4.69) is 30.6 Å². The molecule has 0 unspecified atom stereocenters. The summed E-state index contributed by atoms with van der Waals surface area (Å²) in [4.78, 5) is 28.3. The second kappa shape index (κ2) is 7.82. The summed E-state index contributed by atoms with van der Waals surface area (Å²) in [7, 11) is 1.51. The van der Waals surface area contributed by atoms with Gasteiger partial charge in [-0.15, -0.1) is 0 Å². The molecule has 0 aliphatic rings. The summed E-state index contributed by atoms with van der Waals surface area (Å²) in [6, 6.07) is 9.02. The van der Waals surface area contributed by atoms with E-state index < -0.39 is 0 Å². The smallest absolute Gasteiger partial charge is 0.320 e. The molecular weight excluding hydrogens is 320 g/mol. The van der Waals surface area contributed by atoms with Gasteiger partial charge in [-0.05, 0) is 24.3 Å². The summed E-state index contributed by atoms with van der Waals surface area (Å²) in [5, 5.41) is 5.39. The highest BCUT2D eigenvalue weighted by atomic mass is 16.5. The number of anilines is 1. The van der Waals surface area contributed by atoms with E-state index in [0.29, 0.717) is 18.4 Å². The Morgan fingerprint density at radius 1 is 1.00 bits per heavy atom. The van der Waals surface area contributed by atoms with Gasteiger partial charge in [-0.3, -0.25) is 10.3 Å². The number of carbonyl (C=O) groups excluding carboxylic acids is 1. The van der Waals surface area contributed by atoms with E-state index in [1.165, 1.54) is 7.11 Å². The van der Waals surface area contributed by atoms with Crippen molar-refractivity contribution in [2.75, 3.05) is 12.4 Å². The molecule has 8 nitrogen and oxygen atoms in total. The van der Waals surface area contributed by atoms with Crippen molar-refractivity contribution in [3.05, 3.63) is 60.8 Å². The number of nitrogens with zero attached hydrogens (tertiary/aromatic N) is 4. The van der Waals surface area contributed by atoms with Gasteiger partial charge in [-0.25, -0.2) is 19.7 Å². The van der Waals surface area contributed by atoms with E-state index in [1.807, 2.05) is 24.3 Å². The van der Waals surface area contributed by atoms with Crippen LogP contribution in [0.1, 0.15) is 5.69 Å². The summed E-state index contributed by atoms with van der Waals surface area (Å²) in [6.45, 7) is 0.341. The lowest BCUT2D eigenvalue weighted by molar-refractivity contribution is 0.251. The molecule has 0 atom stereocenters. The van der Waals surface area contributed by atoms with Crippen LogP contribution >= 0.6 is 0 Å². The quantitative estimate of drug-likeness (QED) is 0.741. The Bertz CT molecular complexity index is 822. The summed E-state index contributed by atoms with van der Waals surface area (Å²) in [5.74, 6) is 0.441. The lowest BCUT2D eigenvalue weighted by Gasteiger charge is -2.07. The first-order valence-electron chi connectivity index (χ1n) is 7.52. The number of amides is 2. The molecule has 3 rings (SSSR count). The van der Waals surface area contributed by atoms with Crippen molar-refractivity contribution in [3.8, 4) is 17.1 Å². The lowest BCUT2D eigenvalue weighted by Crippen LogP contribution is -2.28.